The van der Waals surface area contributed by atoms with Crippen molar-refractivity contribution in [3.05, 3.63) is 24.3 Å². The molecule has 0 radical (unpaired) electrons. The van der Waals surface area contributed by atoms with Gasteiger partial charge in [0.1, 0.15) is 0 Å². The second-order valence-corrected chi connectivity index (χ2v) is 5.61. The summed E-state index contributed by atoms with van der Waals surface area (Å²) in [7, 11) is 0. The number of unbranched alkanes of at least 4 members (excludes halogenated alkanes) is 6. The van der Waals surface area contributed by atoms with Gasteiger partial charge in [0.05, 0.1) is 6.10 Å². The predicted octanol–water partition coefficient (Wildman–Crippen LogP) is 4.79. The molecule has 0 saturated heterocycles. The van der Waals surface area contributed by atoms with Crippen molar-refractivity contribution in [3.63, 3.8) is 0 Å². The monoisotopic (exact) mass is 312 g/mol. The van der Waals surface area contributed by atoms with Gasteiger partial charge in [-0.15, -0.1) is 0 Å². The van der Waals surface area contributed by atoms with Crippen molar-refractivity contribution in [1.29, 1.82) is 0 Å². The van der Waals surface area contributed by atoms with E-state index in [0.29, 0.717) is 6.42 Å². The molecule has 0 rings (SSSR count). The molecule has 0 spiro atoms. The number of hydrogen-bond acceptors (Lipinski definition) is 4. The quantitative estimate of drug-likeness (QED) is 0.209. The van der Waals surface area contributed by atoms with Crippen LogP contribution in [-0.2, 0) is 9.68 Å². The van der Waals surface area contributed by atoms with Gasteiger partial charge in [-0.3, -0.25) is 0 Å². The summed E-state index contributed by atoms with van der Waals surface area (Å²) in [6, 6.07) is 0. The average Bonchev–Trinajstić information content (AvgIpc) is 2.52. The van der Waals surface area contributed by atoms with Crippen LogP contribution < -0.4 is 0 Å². The molecular formula is C18H32O4. The summed E-state index contributed by atoms with van der Waals surface area (Å²) in [6.07, 6.45) is 18.2. The Kier molecular flexibility index (Phi) is 15.4. The molecule has 0 heterocycles. The maximum atomic E-state index is 10.7. The van der Waals surface area contributed by atoms with E-state index in [9.17, 15) is 9.90 Å². The SMILES string of the molecule is CCCCC/C=C\C/C=C\[C@@H](O)CCCCCCC(=O)OO. The molecule has 0 aromatic heterocycles. The summed E-state index contributed by atoms with van der Waals surface area (Å²) >= 11 is 0. The van der Waals surface area contributed by atoms with E-state index in [1.54, 1.807) is 0 Å². The van der Waals surface area contributed by atoms with Crippen molar-refractivity contribution < 1.29 is 20.0 Å². The summed E-state index contributed by atoms with van der Waals surface area (Å²) < 4.78 is 0. The smallest absolute Gasteiger partial charge is 0.342 e. The highest BCUT2D eigenvalue weighted by Gasteiger charge is 2.02. The van der Waals surface area contributed by atoms with E-state index < -0.39 is 5.97 Å². The van der Waals surface area contributed by atoms with Crippen LogP contribution in [0.5, 0.6) is 0 Å². The summed E-state index contributed by atoms with van der Waals surface area (Å²) in [6.45, 7) is 2.21. The Hall–Kier alpha value is -1.13. The van der Waals surface area contributed by atoms with Crippen LogP contribution in [0.25, 0.3) is 0 Å². The maximum Gasteiger partial charge on any atom is 0.342 e. The maximum absolute atomic E-state index is 10.7. The van der Waals surface area contributed by atoms with Crippen LogP contribution in [0.4, 0.5) is 0 Å². The molecule has 0 fully saturated rings. The number of aliphatic hydroxyl groups is 1. The van der Waals surface area contributed by atoms with Crippen molar-refractivity contribution in [2.24, 2.45) is 0 Å². The summed E-state index contributed by atoms with van der Waals surface area (Å²) in [5, 5.41) is 17.9. The standard InChI is InChI=1S/C18H32O4/c1-2-3-4-5-6-7-8-11-14-17(19)15-12-9-10-13-16-18(20)22-21/h6-7,11,14,17,19,21H,2-5,8-10,12-13,15-16H2,1H3/b7-6-,14-11-/t17-/m1/s1. The lowest BCUT2D eigenvalue weighted by molar-refractivity contribution is -0.234. The van der Waals surface area contributed by atoms with Gasteiger partial charge in [0.15, 0.2) is 0 Å². The Bertz CT molecular complexity index is 310. The van der Waals surface area contributed by atoms with E-state index in [0.717, 1.165) is 38.5 Å². The van der Waals surface area contributed by atoms with Gasteiger partial charge < -0.3 is 9.99 Å². The number of rotatable bonds is 14. The Balaban J connectivity index is 3.43. The highest BCUT2D eigenvalue weighted by Crippen LogP contribution is 2.09. The number of carbonyl (C=O) groups excluding carboxylic acids is 1. The van der Waals surface area contributed by atoms with Crippen molar-refractivity contribution in [2.45, 2.75) is 83.7 Å². The second-order valence-electron chi connectivity index (χ2n) is 5.61. The van der Waals surface area contributed by atoms with Crippen LogP contribution in [0.15, 0.2) is 24.3 Å². The molecular weight excluding hydrogens is 280 g/mol. The highest BCUT2D eigenvalue weighted by atomic mass is 17.1. The van der Waals surface area contributed by atoms with E-state index >= 15 is 0 Å². The molecule has 0 aromatic rings. The van der Waals surface area contributed by atoms with E-state index in [1.807, 2.05) is 12.2 Å². The minimum Gasteiger partial charge on any atom is -0.389 e. The summed E-state index contributed by atoms with van der Waals surface area (Å²) in [4.78, 5) is 14.3. The van der Waals surface area contributed by atoms with E-state index in [4.69, 9.17) is 5.26 Å². The predicted molar refractivity (Wildman–Crippen MR) is 89.5 cm³/mol. The lowest BCUT2D eigenvalue weighted by Gasteiger charge is -2.04. The Morgan fingerprint density at radius 3 is 2.55 bits per heavy atom. The van der Waals surface area contributed by atoms with Crippen LogP contribution >= 0.6 is 0 Å². The van der Waals surface area contributed by atoms with E-state index in [-0.39, 0.29) is 12.5 Å². The lowest BCUT2D eigenvalue weighted by Crippen LogP contribution is -2.02. The fourth-order valence-corrected chi connectivity index (χ4v) is 2.16. The molecule has 2 N–H and O–H groups in total. The van der Waals surface area contributed by atoms with E-state index in [2.05, 4.69) is 24.0 Å². The first-order valence-electron chi connectivity index (χ1n) is 8.54. The summed E-state index contributed by atoms with van der Waals surface area (Å²) in [5.41, 5.74) is 0. The van der Waals surface area contributed by atoms with Crippen LogP contribution in [-0.4, -0.2) is 22.4 Å². The number of hydrogen-bond donors (Lipinski definition) is 2. The molecule has 0 aliphatic heterocycles. The lowest BCUT2D eigenvalue weighted by atomic mass is 10.1. The third-order valence-corrected chi connectivity index (χ3v) is 3.50. The first kappa shape index (κ1) is 20.9. The van der Waals surface area contributed by atoms with Crippen molar-refractivity contribution in [3.8, 4) is 0 Å². The third kappa shape index (κ3) is 15.3. The molecule has 0 amide bonds. The number of aliphatic hydroxyl groups excluding tert-OH is 1. The number of allylic oxidation sites excluding steroid dienone is 3. The van der Waals surface area contributed by atoms with Gasteiger partial charge in [-0.05, 0) is 32.1 Å². The van der Waals surface area contributed by atoms with Crippen molar-refractivity contribution in [2.75, 3.05) is 0 Å². The zero-order valence-electron chi connectivity index (χ0n) is 13.9. The van der Waals surface area contributed by atoms with Crippen LogP contribution in [0.2, 0.25) is 0 Å². The second kappa shape index (κ2) is 16.2. The van der Waals surface area contributed by atoms with Gasteiger partial charge in [-0.2, -0.15) is 5.26 Å². The Labute approximate surface area is 134 Å². The zero-order chi connectivity index (χ0) is 16.5. The minimum atomic E-state index is -0.578. The van der Waals surface area contributed by atoms with Gasteiger partial charge in [-0.25, -0.2) is 4.79 Å². The summed E-state index contributed by atoms with van der Waals surface area (Å²) in [5.74, 6) is -0.578. The molecule has 22 heavy (non-hydrogen) atoms. The van der Waals surface area contributed by atoms with Crippen LogP contribution in [0.1, 0.15) is 77.6 Å². The Morgan fingerprint density at radius 2 is 1.82 bits per heavy atom. The fourth-order valence-electron chi connectivity index (χ4n) is 2.16. The van der Waals surface area contributed by atoms with E-state index in [1.165, 1.54) is 19.3 Å². The normalized spacial score (nSPS) is 13.0. The largest absolute Gasteiger partial charge is 0.389 e. The highest BCUT2D eigenvalue weighted by molar-refractivity contribution is 5.68. The first-order valence-corrected chi connectivity index (χ1v) is 8.54. The molecule has 1 atom stereocenters. The molecule has 0 aromatic carbocycles. The minimum absolute atomic E-state index is 0.254. The fraction of sp³-hybridized carbons (Fsp3) is 0.722. The van der Waals surface area contributed by atoms with Crippen molar-refractivity contribution in [1.82, 2.24) is 0 Å². The molecule has 0 aliphatic rings. The van der Waals surface area contributed by atoms with Gasteiger partial charge in [0.2, 0.25) is 0 Å². The average molecular weight is 312 g/mol. The first-order chi connectivity index (χ1) is 10.7. The molecule has 128 valence electrons. The molecule has 4 heteroatoms. The molecule has 0 saturated carbocycles. The molecule has 0 aliphatic carbocycles. The van der Waals surface area contributed by atoms with Gasteiger partial charge in [0, 0.05) is 6.42 Å². The molecule has 4 nitrogen and oxygen atoms in total. The van der Waals surface area contributed by atoms with Crippen LogP contribution in [0.3, 0.4) is 0 Å². The van der Waals surface area contributed by atoms with Gasteiger partial charge in [0.25, 0.3) is 0 Å². The molecule has 0 bridgehead atoms. The van der Waals surface area contributed by atoms with Crippen LogP contribution in [0, 0.1) is 0 Å². The van der Waals surface area contributed by atoms with Crippen molar-refractivity contribution >= 4 is 5.97 Å². The van der Waals surface area contributed by atoms with Gasteiger partial charge in [-0.1, -0.05) is 63.3 Å². The Morgan fingerprint density at radius 1 is 1.05 bits per heavy atom. The molecule has 0 unspecified atom stereocenters. The topological polar surface area (TPSA) is 66.8 Å². The zero-order valence-corrected chi connectivity index (χ0v) is 13.9. The van der Waals surface area contributed by atoms with Gasteiger partial charge >= 0.3 is 5.97 Å². The third-order valence-electron chi connectivity index (χ3n) is 3.50. The number of carbonyl (C=O) groups is 1.